The molecule has 0 aromatic carbocycles. The maximum absolute atomic E-state index is 8.96. The average molecular weight is 116 g/mol. The zero-order valence-electron chi connectivity index (χ0n) is 5.33. The standard InChI is InChI=1S/C5H12N2O/c1-5-6(2)3-4-7(5)8/h5,8H,3-4H2,1-2H3. The number of hydrogen-bond acceptors (Lipinski definition) is 3. The first-order chi connectivity index (χ1) is 3.72. The summed E-state index contributed by atoms with van der Waals surface area (Å²) in [5, 5.41) is 10.3. The van der Waals surface area contributed by atoms with Crippen LogP contribution in [0.3, 0.4) is 0 Å². The minimum Gasteiger partial charge on any atom is -0.312 e. The second-order valence-electron chi connectivity index (χ2n) is 2.28. The summed E-state index contributed by atoms with van der Waals surface area (Å²) >= 11 is 0. The molecule has 1 saturated heterocycles. The lowest BCUT2D eigenvalue weighted by Crippen LogP contribution is -2.31. The lowest BCUT2D eigenvalue weighted by Gasteiger charge is -2.17. The van der Waals surface area contributed by atoms with Crippen LogP contribution in [0.15, 0.2) is 0 Å². The highest BCUT2D eigenvalue weighted by Gasteiger charge is 2.22. The van der Waals surface area contributed by atoms with Crippen molar-refractivity contribution in [3.63, 3.8) is 0 Å². The maximum atomic E-state index is 8.96. The number of rotatable bonds is 0. The highest BCUT2D eigenvalue weighted by atomic mass is 16.5. The summed E-state index contributed by atoms with van der Waals surface area (Å²) in [6, 6.07) is 0. The summed E-state index contributed by atoms with van der Waals surface area (Å²) in [6.07, 6.45) is 0.204. The third-order valence-corrected chi connectivity index (χ3v) is 1.75. The molecule has 0 aromatic rings. The molecule has 3 nitrogen and oxygen atoms in total. The fourth-order valence-corrected chi connectivity index (χ4v) is 0.861. The van der Waals surface area contributed by atoms with Gasteiger partial charge in [-0.15, -0.1) is 0 Å². The molecule has 0 bridgehead atoms. The van der Waals surface area contributed by atoms with Gasteiger partial charge in [0.05, 0.1) is 6.17 Å². The summed E-state index contributed by atoms with van der Waals surface area (Å²) in [4.78, 5) is 2.10. The maximum Gasteiger partial charge on any atom is 0.0835 e. The smallest absolute Gasteiger partial charge is 0.0835 e. The molecule has 1 fully saturated rings. The van der Waals surface area contributed by atoms with E-state index in [1.807, 2.05) is 14.0 Å². The molecule has 48 valence electrons. The van der Waals surface area contributed by atoms with Gasteiger partial charge in [0, 0.05) is 13.1 Å². The Morgan fingerprint density at radius 2 is 2.12 bits per heavy atom. The van der Waals surface area contributed by atoms with Crippen molar-refractivity contribution in [1.82, 2.24) is 9.96 Å². The topological polar surface area (TPSA) is 26.7 Å². The van der Waals surface area contributed by atoms with Crippen molar-refractivity contribution in [3.05, 3.63) is 0 Å². The van der Waals surface area contributed by atoms with Gasteiger partial charge in [0.25, 0.3) is 0 Å². The second kappa shape index (κ2) is 2.01. The summed E-state index contributed by atoms with van der Waals surface area (Å²) in [5.41, 5.74) is 0. The summed E-state index contributed by atoms with van der Waals surface area (Å²) in [5.74, 6) is 0. The quantitative estimate of drug-likeness (QED) is 0.481. The Kier molecular flexibility index (Phi) is 1.51. The third kappa shape index (κ3) is 0.844. The largest absolute Gasteiger partial charge is 0.312 e. The van der Waals surface area contributed by atoms with Crippen LogP contribution in [0, 0.1) is 0 Å². The Labute approximate surface area is 49.5 Å². The van der Waals surface area contributed by atoms with Crippen LogP contribution in [0.4, 0.5) is 0 Å². The first-order valence-corrected chi connectivity index (χ1v) is 2.87. The van der Waals surface area contributed by atoms with E-state index in [0.29, 0.717) is 0 Å². The molecule has 0 aromatic heterocycles. The van der Waals surface area contributed by atoms with Gasteiger partial charge in [-0.3, -0.25) is 4.90 Å². The molecular weight excluding hydrogens is 104 g/mol. The van der Waals surface area contributed by atoms with Crippen molar-refractivity contribution in [1.29, 1.82) is 0 Å². The molecule has 1 rings (SSSR count). The van der Waals surface area contributed by atoms with E-state index < -0.39 is 0 Å². The van der Waals surface area contributed by atoms with Gasteiger partial charge in [0.1, 0.15) is 0 Å². The van der Waals surface area contributed by atoms with Crippen LogP contribution in [-0.2, 0) is 0 Å². The van der Waals surface area contributed by atoms with Crippen molar-refractivity contribution in [2.24, 2.45) is 0 Å². The van der Waals surface area contributed by atoms with Crippen molar-refractivity contribution in [2.75, 3.05) is 20.1 Å². The van der Waals surface area contributed by atoms with E-state index in [1.54, 1.807) is 0 Å². The van der Waals surface area contributed by atoms with E-state index in [9.17, 15) is 0 Å². The molecule has 1 atom stereocenters. The van der Waals surface area contributed by atoms with Crippen molar-refractivity contribution in [3.8, 4) is 0 Å². The molecular formula is C5H12N2O. The van der Waals surface area contributed by atoms with E-state index in [1.165, 1.54) is 5.06 Å². The van der Waals surface area contributed by atoms with Crippen LogP contribution in [0.5, 0.6) is 0 Å². The normalized spacial score (nSPS) is 34.1. The first-order valence-electron chi connectivity index (χ1n) is 2.87. The van der Waals surface area contributed by atoms with E-state index in [0.717, 1.165) is 13.1 Å². The van der Waals surface area contributed by atoms with E-state index in [4.69, 9.17) is 5.21 Å². The Hall–Kier alpha value is -0.120. The summed E-state index contributed by atoms with van der Waals surface area (Å²) < 4.78 is 0. The van der Waals surface area contributed by atoms with Gasteiger partial charge in [-0.05, 0) is 14.0 Å². The first kappa shape index (κ1) is 6.01. The zero-order valence-corrected chi connectivity index (χ0v) is 5.33. The number of nitrogens with zero attached hydrogens (tertiary/aromatic N) is 2. The minimum absolute atomic E-state index is 0.204. The van der Waals surface area contributed by atoms with Gasteiger partial charge in [0.2, 0.25) is 0 Å². The van der Waals surface area contributed by atoms with Crippen molar-refractivity contribution in [2.45, 2.75) is 13.1 Å². The van der Waals surface area contributed by atoms with Crippen LogP contribution in [0.1, 0.15) is 6.92 Å². The highest BCUT2D eigenvalue weighted by Crippen LogP contribution is 2.06. The lowest BCUT2D eigenvalue weighted by atomic mass is 10.5. The predicted molar refractivity (Wildman–Crippen MR) is 30.6 cm³/mol. The predicted octanol–water partition coefficient (Wildman–Crippen LogP) is -0.0310. The van der Waals surface area contributed by atoms with Gasteiger partial charge in [-0.2, -0.15) is 5.06 Å². The molecule has 1 aliphatic rings. The van der Waals surface area contributed by atoms with Crippen LogP contribution in [-0.4, -0.2) is 41.5 Å². The SMILES string of the molecule is CC1N(C)CCN1O. The Balaban J connectivity index is 2.44. The van der Waals surface area contributed by atoms with Crippen molar-refractivity contribution < 1.29 is 5.21 Å². The van der Waals surface area contributed by atoms with Crippen LogP contribution >= 0.6 is 0 Å². The van der Waals surface area contributed by atoms with Gasteiger partial charge in [-0.25, -0.2) is 0 Å². The highest BCUT2D eigenvalue weighted by molar-refractivity contribution is 4.68. The monoisotopic (exact) mass is 116 g/mol. The molecule has 3 heteroatoms. The van der Waals surface area contributed by atoms with Gasteiger partial charge in [0.15, 0.2) is 0 Å². The zero-order chi connectivity index (χ0) is 6.15. The van der Waals surface area contributed by atoms with Gasteiger partial charge in [-0.1, -0.05) is 0 Å². The Morgan fingerprint density at radius 3 is 2.25 bits per heavy atom. The number of hydrogen-bond donors (Lipinski definition) is 1. The molecule has 8 heavy (non-hydrogen) atoms. The molecule has 1 heterocycles. The van der Waals surface area contributed by atoms with Crippen LogP contribution < -0.4 is 0 Å². The fraction of sp³-hybridized carbons (Fsp3) is 1.00. The van der Waals surface area contributed by atoms with Gasteiger partial charge < -0.3 is 5.21 Å². The molecule has 1 aliphatic heterocycles. The van der Waals surface area contributed by atoms with Crippen LogP contribution in [0.25, 0.3) is 0 Å². The molecule has 1 unspecified atom stereocenters. The molecule has 1 N–H and O–H groups in total. The van der Waals surface area contributed by atoms with Crippen molar-refractivity contribution >= 4 is 0 Å². The second-order valence-corrected chi connectivity index (χ2v) is 2.28. The summed E-state index contributed by atoms with van der Waals surface area (Å²) in [7, 11) is 2.00. The number of hydroxylamine groups is 2. The fourth-order valence-electron chi connectivity index (χ4n) is 0.861. The Bertz CT molecular complexity index is 76.5. The third-order valence-electron chi connectivity index (χ3n) is 1.75. The van der Waals surface area contributed by atoms with Crippen LogP contribution in [0.2, 0.25) is 0 Å². The number of likely N-dealkylation sites (N-methyl/N-ethyl adjacent to an activating group) is 1. The van der Waals surface area contributed by atoms with Gasteiger partial charge >= 0.3 is 0 Å². The minimum atomic E-state index is 0.204. The molecule has 0 saturated carbocycles. The summed E-state index contributed by atoms with van der Waals surface area (Å²) in [6.45, 7) is 3.72. The van der Waals surface area contributed by atoms with E-state index in [-0.39, 0.29) is 6.17 Å². The molecule has 0 aliphatic carbocycles. The Morgan fingerprint density at radius 1 is 1.50 bits per heavy atom. The lowest BCUT2D eigenvalue weighted by molar-refractivity contribution is -0.115. The molecule has 0 radical (unpaired) electrons. The average Bonchev–Trinajstić information content (AvgIpc) is 1.98. The van der Waals surface area contributed by atoms with E-state index in [2.05, 4.69) is 4.90 Å². The van der Waals surface area contributed by atoms with E-state index >= 15 is 0 Å². The molecule has 0 spiro atoms. The molecule has 0 amide bonds.